The Morgan fingerprint density at radius 1 is 1.25 bits per heavy atom. The highest BCUT2D eigenvalue weighted by molar-refractivity contribution is 6.25. The molecular formula is C16H15NO3. The normalized spacial score (nSPS) is 37.9. The number of carbonyl (C=O) groups is 2. The first-order valence-electron chi connectivity index (χ1n) is 6.90. The molecule has 3 aliphatic rings. The van der Waals surface area contributed by atoms with Crippen molar-refractivity contribution in [3.63, 3.8) is 0 Å². The van der Waals surface area contributed by atoms with Crippen molar-refractivity contribution in [1.82, 2.24) is 0 Å². The van der Waals surface area contributed by atoms with Crippen molar-refractivity contribution in [2.24, 2.45) is 23.2 Å². The van der Waals surface area contributed by atoms with Crippen LogP contribution in [0.15, 0.2) is 36.4 Å². The summed E-state index contributed by atoms with van der Waals surface area (Å²) in [4.78, 5) is 26.7. The van der Waals surface area contributed by atoms with E-state index in [-0.39, 0.29) is 35.3 Å². The Hall–Kier alpha value is -2.10. The number of imide groups is 1. The molecule has 102 valence electrons. The number of amides is 2. The number of rotatable bonds is 1. The van der Waals surface area contributed by atoms with Gasteiger partial charge in [0.05, 0.1) is 17.0 Å². The molecule has 1 heterocycles. The van der Waals surface area contributed by atoms with Crippen LogP contribution in [0.1, 0.15) is 13.3 Å². The van der Waals surface area contributed by atoms with Crippen LogP contribution < -0.4 is 4.90 Å². The van der Waals surface area contributed by atoms with Gasteiger partial charge in [-0.1, -0.05) is 24.3 Å². The molecule has 1 aromatic rings. The fourth-order valence-corrected chi connectivity index (χ4v) is 4.19. The van der Waals surface area contributed by atoms with Crippen molar-refractivity contribution in [3.8, 4) is 5.75 Å². The second-order valence-electron chi connectivity index (χ2n) is 6.12. The number of hydrogen-bond acceptors (Lipinski definition) is 3. The zero-order chi connectivity index (χ0) is 14.1. The number of nitrogens with zero attached hydrogens (tertiary/aromatic N) is 1. The van der Waals surface area contributed by atoms with Gasteiger partial charge in [0.2, 0.25) is 11.8 Å². The predicted molar refractivity (Wildman–Crippen MR) is 72.9 cm³/mol. The first-order valence-corrected chi connectivity index (χ1v) is 6.90. The van der Waals surface area contributed by atoms with Gasteiger partial charge in [-0.25, -0.2) is 4.90 Å². The molecular weight excluding hydrogens is 254 g/mol. The van der Waals surface area contributed by atoms with Crippen molar-refractivity contribution in [2.45, 2.75) is 13.3 Å². The lowest BCUT2D eigenvalue weighted by atomic mass is 9.71. The van der Waals surface area contributed by atoms with Gasteiger partial charge in [-0.3, -0.25) is 9.59 Å². The number of benzene rings is 1. The maximum Gasteiger partial charge on any atom is 0.241 e. The Morgan fingerprint density at radius 2 is 2.00 bits per heavy atom. The Balaban J connectivity index is 1.85. The molecule has 4 atom stereocenters. The molecule has 2 amide bonds. The van der Waals surface area contributed by atoms with E-state index in [1.807, 2.05) is 6.92 Å². The molecule has 0 radical (unpaired) electrons. The van der Waals surface area contributed by atoms with E-state index < -0.39 is 5.41 Å². The van der Waals surface area contributed by atoms with Crippen LogP contribution in [0.2, 0.25) is 0 Å². The molecule has 20 heavy (non-hydrogen) atoms. The van der Waals surface area contributed by atoms with Gasteiger partial charge >= 0.3 is 0 Å². The lowest BCUT2D eigenvalue weighted by Gasteiger charge is -2.28. The molecule has 4 heteroatoms. The average molecular weight is 269 g/mol. The third-order valence-electron chi connectivity index (χ3n) is 5.23. The summed E-state index contributed by atoms with van der Waals surface area (Å²) in [6.07, 6.45) is 5.03. The highest BCUT2D eigenvalue weighted by Gasteiger charge is 2.67. The minimum atomic E-state index is -0.640. The van der Waals surface area contributed by atoms with Gasteiger partial charge in [-0.05, 0) is 37.3 Å². The Bertz CT molecular complexity index is 665. The molecule has 1 saturated heterocycles. The van der Waals surface area contributed by atoms with Crippen LogP contribution in [0, 0.1) is 23.2 Å². The molecule has 1 saturated carbocycles. The van der Waals surface area contributed by atoms with E-state index in [9.17, 15) is 14.7 Å². The Morgan fingerprint density at radius 3 is 2.70 bits per heavy atom. The minimum Gasteiger partial charge on any atom is -0.506 e. The number of hydrogen-bond donors (Lipinski definition) is 1. The highest BCUT2D eigenvalue weighted by Crippen LogP contribution is 2.61. The van der Waals surface area contributed by atoms with Crippen molar-refractivity contribution >= 4 is 17.5 Å². The Kier molecular flexibility index (Phi) is 2.05. The standard InChI is InChI=1S/C16H15NO3/c1-16-10-7-6-9(8-10)13(16)14(19)17(15(16)20)11-4-2-3-5-12(11)18/h2-7,9-10,13,18H,8H2,1H3/t9-,10-,13-,16-/m1/s1. The van der Waals surface area contributed by atoms with Crippen molar-refractivity contribution in [2.75, 3.05) is 4.90 Å². The molecule has 2 fully saturated rings. The molecule has 2 aliphatic carbocycles. The van der Waals surface area contributed by atoms with Crippen LogP contribution in [0.5, 0.6) is 5.75 Å². The smallest absolute Gasteiger partial charge is 0.241 e. The van der Waals surface area contributed by atoms with E-state index in [2.05, 4.69) is 12.2 Å². The number of para-hydroxylation sites is 2. The summed E-state index contributed by atoms with van der Waals surface area (Å²) in [6.45, 7) is 1.89. The predicted octanol–water partition coefficient (Wildman–Crippen LogP) is 2.09. The quantitative estimate of drug-likeness (QED) is 0.627. The van der Waals surface area contributed by atoms with Gasteiger partial charge in [0.25, 0.3) is 0 Å². The number of fused-ring (bicyclic) bond motifs is 5. The van der Waals surface area contributed by atoms with E-state index in [0.717, 1.165) is 6.42 Å². The van der Waals surface area contributed by atoms with Crippen LogP contribution in [0.3, 0.4) is 0 Å². The minimum absolute atomic E-state index is 0.0296. The largest absolute Gasteiger partial charge is 0.506 e. The summed E-state index contributed by atoms with van der Waals surface area (Å²) >= 11 is 0. The van der Waals surface area contributed by atoms with Gasteiger partial charge in [-0.15, -0.1) is 0 Å². The maximum absolute atomic E-state index is 12.8. The van der Waals surface area contributed by atoms with E-state index in [1.165, 1.54) is 11.0 Å². The van der Waals surface area contributed by atoms with Crippen LogP contribution in [-0.2, 0) is 9.59 Å². The second kappa shape index (κ2) is 3.51. The third-order valence-corrected chi connectivity index (χ3v) is 5.23. The first-order chi connectivity index (χ1) is 9.55. The monoisotopic (exact) mass is 269 g/mol. The molecule has 4 nitrogen and oxygen atoms in total. The van der Waals surface area contributed by atoms with Gasteiger partial charge in [0.15, 0.2) is 0 Å². The van der Waals surface area contributed by atoms with Gasteiger partial charge < -0.3 is 5.11 Å². The van der Waals surface area contributed by atoms with Crippen LogP contribution in [-0.4, -0.2) is 16.9 Å². The van der Waals surface area contributed by atoms with Gasteiger partial charge in [-0.2, -0.15) is 0 Å². The van der Waals surface area contributed by atoms with Crippen molar-refractivity contribution < 1.29 is 14.7 Å². The van der Waals surface area contributed by atoms with Crippen molar-refractivity contribution in [1.29, 1.82) is 0 Å². The second-order valence-corrected chi connectivity index (χ2v) is 6.12. The number of anilines is 1. The molecule has 1 aliphatic heterocycles. The van der Waals surface area contributed by atoms with Crippen LogP contribution >= 0.6 is 0 Å². The summed E-state index contributed by atoms with van der Waals surface area (Å²) < 4.78 is 0. The van der Waals surface area contributed by atoms with E-state index in [0.29, 0.717) is 5.69 Å². The molecule has 0 aromatic heterocycles. The summed E-state index contributed by atoms with van der Waals surface area (Å²) in [7, 11) is 0. The lowest BCUT2D eigenvalue weighted by molar-refractivity contribution is -0.127. The van der Waals surface area contributed by atoms with E-state index in [1.54, 1.807) is 18.2 Å². The number of allylic oxidation sites excluding steroid dienone is 2. The maximum atomic E-state index is 12.8. The SMILES string of the molecule is C[C@]12C(=O)N(c3ccccc3O)C(=O)[C@H]1[C@@H]1C=C[C@@H]2C1. The summed E-state index contributed by atoms with van der Waals surface area (Å²) in [6, 6.07) is 6.51. The molecule has 0 unspecified atom stereocenters. The fraction of sp³-hybridized carbons (Fsp3) is 0.375. The molecule has 2 bridgehead atoms. The number of phenolic OH excluding ortho intramolecular Hbond substituents is 1. The summed E-state index contributed by atoms with van der Waals surface area (Å²) in [5, 5.41) is 9.94. The number of aromatic hydroxyl groups is 1. The lowest BCUT2D eigenvalue weighted by Crippen LogP contribution is -2.37. The van der Waals surface area contributed by atoms with E-state index >= 15 is 0 Å². The topological polar surface area (TPSA) is 57.6 Å². The summed E-state index contributed by atoms with van der Waals surface area (Å²) in [5.41, 5.74) is -0.337. The van der Waals surface area contributed by atoms with Crippen LogP contribution in [0.4, 0.5) is 5.69 Å². The molecule has 1 aromatic carbocycles. The number of carbonyl (C=O) groups excluding carboxylic acids is 2. The zero-order valence-corrected chi connectivity index (χ0v) is 11.1. The van der Waals surface area contributed by atoms with Crippen LogP contribution in [0.25, 0.3) is 0 Å². The first kappa shape index (κ1) is 11.7. The summed E-state index contributed by atoms with van der Waals surface area (Å²) in [5.74, 6) is -0.341. The average Bonchev–Trinajstić information content (AvgIpc) is 3.05. The fourth-order valence-electron chi connectivity index (χ4n) is 4.19. The van der Waals surface area contributed by atoms with Gasteiger partial charge in [0, 0.05) is 0 Å². The number of phenols is 1. The Labute approximate surface area is 116 Å². The molecule has 4 rings (SSSR count). The molecule has 1 N–H and O–H groups in total. The van der Waals surface area contributed by atoms with Crippen molar-refractivity contribution in [3.05, 3.63) is 36.4 Å². The molecule has 0 spiro atoms. The zero-order valence-electron chi connectivity index (χ0n) is 11.1. The third kappa shape index (κ3) is 1.13. The highest BCUT2D eigenvalue weighted by atomic mass is 16.3. The van der Waals surface area contributed by atoms with E-state index in [4.69, 9.17) is 0 Å². The van der Waals surface area contributed by atoms with Gasteiger partial charge in [0.1, 0.15) is 5.75 Å².